The quantitative estimate of drug-likeness (QED) is 0.383. The SMILES string of the molecule is O=[N+]([O-])c1ccc(CCC(Br)c2ccccc2)c(Br)c1. The molecule has 0 fully saturated rings. The number of rotatable bonds is 5. The van der Waals surface area contributed by atoms with E-state index in [1.807, 2.05) is 24.3 Å². The van der Waals surface area contributed by atoms with Crippen molar-refractivity contribution in [2.45, 2.75) is 17.7 Å². The lowest BCUT2D eigenvalue weighted by Gasteiger charge is -2.11. The molecule has 2 aromatic carbocycles. The Morgan fingerprint density at radius 3 is 2.45 bits per heavy atom. The normalized spacial score (nSPS) is 12.1. The van der Waals surface area contributed by atoms with Gasteiger partial charge >= 0.3 is 0 Å². The Hall–Kier alpha value is -1.20. The standard InChI is InChI=1S/C15H13Br2NO2/c16-14(11-4-2-1-3-5-11)9-7-12-6-8-13(18(19)20)10-15(12)17/h1-6,8,10,14H,7,9H2. The summed E-state index contributed by atoms with van der Waals surface area (Å²) in [7, 11) is 0. The summed E-state index contributed by atoms with van der Waals surface area (Å²) in [5.74, 6) is 0. The van der Waals surface area contributed by atoms with Crippen LogP contribution >= 0.6 is 31.9 Å². The fraction of sp³-hybridized carbons (Fsp3) is 0.200. The molecule has 2 aromatic rings. The van der Waals surface area contributed by atoms with Crippen LogP contribution in [0, 0.1) is 10.1 Å². The molecule has 104 valence electrons. The Kier molecular flexibility index (Phi) is 5.31. The first-order valence-corrected chi connectivity index (χ1v) is 7.90. The largest absolute Gasteiger partial charge is 0.270 e. The zero-order valence-electron chi connectivity index (χ0n) is 10.6. The minimum Gasteiger partial charge on any atom is -0.258 e. The van der Waals surface area contributed by atoms with E-state index in [4.69, 9.17) is 0 Å². The molecule has 0 aromatic heterocycles. The third-order valence-corrected chi connectivity index (χ3v) is 4.80. The first-order valence-electron chi connectivity index (χ1n) is 6.20. The van der Waals surface area contributed by atoms with Gasteiger partial charge in [0.2, 0.25) is 0 Å². The Morgan fingerprint density at radius 2 is 1.85 bits per heavy atom. The Bertz CT molecular complexity index is 602. The van der Waals surface area contributed by atoms with Crippen LogP contribution in [0.1, 0.15) is 22.4 Å². The van der Waals surface area contributed by atoms with E-state index in [9.17, 15) is 10.1 Å². The van der Waals surface area contributed by atoms with Gasteiger partial charge in [-0.1, -0.05) is 68.3 Å². The van der Waals surface area contributed by atoms with Crippen LogP contribution in [0.3, 0.4) is 0 Å². The lowest BCUT2D eigenvalue weighted by molar-refractivity contribution is -0.384. The van der Waals surface area contributed by atoms with E-state index < -0.39 is 0 Å². The highest BCUT2D eigenvalue weighted by Crippen LogP contribution is 2.30. The van der Waals surface area contributed by atoms with Crippen molar-refractivity contribution in [3.63, 3.8) is 0 Å². The number of hydrogen-bond donors (Lipinski definition) is 0. The van der Waals surface area contributed by atoms with Crippen molar-refractivity contribution < 1.29 is 4.92 Å². The van der Waals surface area contributed by atoms with Gasteiger partial charge in [-0.2, -0.15) is 0 Å². The van der Waals surface area contributed by atoms with E-state index >= 15 is 0 Å². The van der Waals surface area contributed by atoms with Gasteiger partial charge in [0.25, 0.3) is 5.69 Å². The molecule has 0 radical (unpaired) electrons. The van der Waals surface area contributed by atoms with Crippen molar-refractivity contribution in [3.05, 3.63) is 74.2 Å². The molecule has 0 amide bonds. The van der Waals surface area contributed by atoms with Crippen molar-refractivity contribution in [1.82, 2.24) is 0 Å². The summed E-state index contributed by atoms with van der Waals surface area (Å²) in [6.07, 6.45) is 1.78. The van der Waals surface area contributed by atoms with E-state index in [1.54, 1.807) is 12.1 Å². The van der Waals surface area contributed by atoms with Gasteiger partial charge in [0.05, 0.1) is 4.92 Å². The smallest absolute Gasteiger partial charge is 0.258 e. The van der Waals surface area contributed by atoms with Crippen molar-refractivity contribution in [1.29, 1.82) is 0 Å². The van der Waals surface area contributed by atoms with Gasteiger partial charge in [-0.15, -0.1) is 0 Å². The third-order valence-electron chi connectivity index (χ3n) is 3.08. The molecule has 0 saturated carbocycles. The predicted molar refractivity (Wildman–Crippen MR) is 87.2 cm³/mol. The average Bonchev–Trinajstić information content (AvgIpc) is 2.46. The van der Waals surface area contributed by atoms with Crippen LogP contribution in [0.5, 0.6) is 0 Å². The maximum Gasteiger partial charge on any atom is 0.270 e. The second kappa shape index (κ2) is 6.99. The van der Waals surface area contributed by atoms with Gasteiger partial charge in [0.1, 0.15) is 0 Å². The topological polar surface area (TPSA) is 43.1 Å². The molecule has 1 unspecified atom stereocenters. The second-order valence-corrected chi connectivity index (χ2v) is 6.41. The van der Waals surface area contributed by atoms with Crippen LogP contribution in [-0.4, -0.2) is 4.92 Å². The highest BCUT2D eigenvalue weighted by molar-refractivity contribution is 9.10. The van der Waals surface area contributed by atoms with Gasteiger partial charge in [-0.05, 0) is 24.0 Å². The van der Waals surface area contributed by atoms with E-state index in [2.05, 4.69) is 44.0 Å². The van der Waals surface area contributed by atoms with E-state index in [-0.39, 0.29) is 15.4 Å². The molecule has 0 spiro atoms. The van der Waals surface area contributed by atoms with Gasteiger partial charge in [-0.25, -0.2) is 0 Å². The average molecular weight is 399 g/mol. The van der Waals surface area contributed by atoms with Gasteiger partial charge in [0, 0.05) is 21.4 Å². The second-order valence-electron chi connectivity index (χ2n) is 4.45. The van der Waals surface area contributed by atoms with E-state index in [0.29, 0.717) is 0 Å². The first kappa shape index (κ1) is 15.2. The molecular formula is C15H13Br2NO2. The lowest BCUT2D eigenvalue weighted by atomic mass is 10.0. The molecule has 0 saturated heterocycles. The minimum absolute atomic E-state index is 0.110. The number of non-ortho nitro benzene ring substituents is 1. The minimum atomic E-state index is -0.383. The van der Waals surface area contributed by atoms with Crippen LogP contribution in [0.2, 0.25) is 0 Å². The molecule has 0 heterocycles. The maximum absolute atomic E-state index is 10.7. The predicted octanol–water partition coefficient (Wildman–Crippen LogP) is 5.43. The van der Waals surface area contributed by atoms with E-state index in [1.165, 1.54) is 5.56 Å². The summed E-state index contributed by atoms with van der Waals surface area (Å²) >= 11 is 7.08. The molecule has 0 aliphatic carbocycles. The Labute approximate surface area is 134 Å². The molecule has 0 bridgehead atoms. The van der Waals surface area contributed by atoms with Gasteiger partial charge < -0.3 is 0 Å². The van der Waals surface area contributed by atoms with Gasteiger partial charge in [-0.3, -0.25) is 10.1 Å². The number of hydrogen-bond acceptors (Lipinski definition) is 2. The van der Waals surface area contributed by atoms with E-state index in [0.717, 1.165) is 22.9 Å². The molecule has 0 N–H and O–H groups in total. The molecule has 0 aliphatic heterocycles. The van der Waals surface area contributed by atoms with Crippen LogP contribution in [0.15, 0.2) is 53.0 Å². The van der Waals surface area contributed by atoms with Crippen LogP contribution in [-0.2, 0) is 6.42 Å². The van der Waals surface area contributed by atoms with Crippen LogP contribution < -0.4 is 0 Å². The first-order chi connectivity index (χ1) is 9.58. The van der Waals surface area contributed by atoms with Crippen molar-refractivity contribution >= 4 is 37.5 Å². The molecule has 2 rings (SSSR count). The Morgan fingerprint density at radius 1 is 1.15 bits per heavy atom. The fourth-order valence-corrected chi connectivity index (χ4v) is 3.06. The van der Waals surface area contributed by atoms with Gasteiger partial charge in [0.15, 0.2) is 0 Å². The molecule has 20 heavy (non-hydrogen) atoms. The molecule has 3 nitrogen and oxygen atoms in total. The lowest BCUT2D eigenvalue weighted by Crippen LogP contribution is -1.95. The van der Waals surface area contributed by atoms with Crippen molar-refractivity contribution in [2.24, 2.45) is 0 Å². The van der Waals surface area contributed by atoms with Crippen molar-refractivity contribution in [3.8, 4) is 0 Å². The highest BCUT2D eigenvalue weighted by atomic mass is 79.9. The fourth-order valence-electron chi connectivity index (χ4n) is 1.96. The molecule has 1 atom stereocenters. The summed E-state index contributed by atoms with van der Waals surface area (Å²) in [6.45, 7) is 0. The number of nitro benzene ring substituents is 1. The van der Waals surface area contributed by atoms with Crippen LogP contribution in [0.4, 0.5) is 5.69 Å². The third kappa shape index (κ3) is 3.90. The number of aryl methyl sites for hydroxylation is 1. The molecule has 0 aliphatic rings. The number of benzene rings is 2. The molecular weight excluding hydrogens is 386 g/mol. The number of halogens is 2. The van der Waals surface area contributed by atoms with Crippen molar-refractivity contribution in [2.75, 3.05) is 0 Å². The number of nitrogens with zero attached hydrogens (tertiary/aromatic N) is 1. The highest BCUT2D eigenvalue weighted by Gasteiger charge is 2.11. The summed E-state index contributed by atoms with van der Waals surface area (Å²) < 4.78 is 0.791. The monoisotopic (exact) mass is 397 g/mol. The Balaban J connectivity index is 2.02. The summed E-state index contributed by atoms with van der Waals surface area (Å²) in [6, 6.07) is 15.1. The van der Waals surface area contributed by atoms with Crippen LogP contribution in [0.25, 0.3) is 0 Å². The molecule has 5 heteroatoms. The number of nitro groups is 1. The summed E-state index contributed by atoms with van der Waals surface area (Å²) in [5, 5.41) is 10.7. The maximum atomic E-state index is 10.7. The summed E-state index contributed by atoms with van der Waals surface area (Å²) in [4.78, 5) is 10.6. The zero-order valence-corrected chi connectivity index (χ0v) is 13.8. The summed E-state index contributed by atoms with van der Waals surface area (Å²) in [5.41, 5.74) is 2.43. The number of alkyl halides is 1. The zero-order chi connectivity index (χ0) is 14.5.